The molecule has 0 spiro atoms. The normalized spacial score (nSPS) is 11.6. The van der Waals surface area contributed by atoms with Crippen LogP contribution in [0, 0.1) is 0 Å². The Labute approximate surface area is 95.5 Å². The summed E-state index contributed by atoms with van der Waals surface area (Å²) in [6.07, 6.45) is 0. The predicted octanol–water partition coefficient (Wildman–Crippen LogP) is 2.17. The first-order chi connectivity index (χ1) is 7.69. The Hall–Kier alpha value is -1.32. The van der Waals surface area contributed by atoms with Gasteiger partial charge >= 0.3 is 0 Å². The van der Waals surface area contributed by atoms with E-state index in [0.717, 1.165) is 22.2 Å². The molecule has 0 amide bonds. The Kier molecular flexibility index (Phi) is 2.99. The van der Waals surface area contributed by atoms with E-state index in [4.69, 9.17) is 5.73 Å². The highest BCUT2D eigenvalue weighted by Crippen LogP contribution is 2.26. The van der Waals surface area contributed by atoms with Crippen molar-refractivity contribution in [3.05, 3.63) is 35.5 Å². The number of fused-ring (bicyclic) bond motifs is 1. The van der Waals surface area contributed by atoms with Crippen molar-refractivity contribution in [2.45, 2.75) is 33.0 Å². The molecule has 2 rings (SSSR count). The molecule has 0 aliphatic carbocycles. The van der Waals surface area contributed by atoms with Gasteiger partial charge in [-0.1, -0.05) is 12.1 Å². The van der Waals surface area contributed by atoms with Crippen LogP contribution in [0.5, 0.6) is 0 Å². The quantitative estimate of drug-likeness (QED) is 0.829. The summed E-state index contributed by atoms with van der Waals surface area (Å²) in [6, 6.07) is 8.51. The molecule has 0 aliphatic rings. The van der Waals surface area contributed by atoms with Crippen LogP contribution < -0.4 is 5.73 Å². The molecule has 0 bridgehead atoms. The van der Waals surface area contributed by atoms with Crippen LogP contribution in [0.1, 0.15) is 31.1 Å². The van der Waals surface area contributed by atoms with Crippen LogP contribution in [0.2, 0.25) is 0 Å². The number of hydrogen-bond acceptors (Lipinski definition) is 2. The number of nitrogens with two attached hydrogens (primary N) is 1. The number of rotatable bonds is 3. The van der Waals surface area contributed by atoms with Crippen LogP contribution in [0.25, 0.3) is 10.9 Å². The smallest absolute Gasteiger partial charge is 0.0833 e. The lowest BCUT2D eigenvalue weighted by molar-refractivity contribution is 0.269. The second-order valence-electron chi connectivity index (χ2n) is 4.31. The van der Waals surface area contributed by atoms with Gasteiger partial charge < -0.3 is 15.4 Å². The first-order valence-corrected chi connectivity index (χ1v) is 5.61. The maximum atomic E-state index is 9.38. The van der Waals surface area contributed by atoms with Crippen LogP contribution in [-0.2, 0) is 13.2 Å². The zero-order valence-electron chi connectivity index (χ0n) is 9.77. The molecule has 0 saturated heterocycles. The number of aliphatic hydroxyl groups is 1. The van der Waals surface area contributed by atoms with E-state index in [1.807, 2.05) is 18.2 Å². The van der Waals surface area contributed by atoms with Crippen LogP contribution >= 0.6 is 0 Å². The second kappa shape index (κ2) is 4.28. The summed E-state index contributed by atoms with van der Waals surface area (Å²) in [7, 11) is 0. The van der Waals surface area contributed by atoms with E-state index in [2.05, 4.69) is 24.5 Å². The van der Waals surface area contributed by atoms with E-state index in [0.29, 0.717) is 12.6 Å². The van der Waals surface area contributed by atoms with Gasteiger partial charge in [0.05, 0.1) is 6.61 Å². The minimum atomic E-state index is 0.0663. The van der Waals surface area contributed by atoms with Gasteiger partial charge in [0.15, 0.2) is 0 Å². The Bertz CT molecular complexity index is 500. The lowest BCUT2D eigenvalue weighted by Gasteiger charge is -2.13. The fourth-order valence-electron chi connectivity index (χ4n) is 2.28. The second-order valence-corrected chi connectivity index (χ2v) is 4.31. The van der Waals surface area contributed by atoms with Crippen molar-refractivity contribution < 1.29 is 5.11 Å². The van der Waals surface area contributed by atoms with Gasteiger partial charge in [-0.2, -0.15) is 0 Å². The van der Waals surface area contributed by atoms with E-state index >= 15 is 0 Å². The molecule has 1 heterocycles. The molecule has 3 N–H and O–H groups in total. The number of hydrogen-bond donors (Lipinski definition) is 2. The van der Waals surface area contributed by atoms with E-state index in [-0.39, 0.29) is 6.61 Å². The van der Waals surface area contributed by atoms with Gasteiger partial charge in [-0.05, 0) is 31.5 Å². The molecular formula is C13H18N2O. The lowest BCUT2D eigenvalue weighted by Crippen LogP contribution is -2.05. The highest BCUT2D eigenvalue weighted by molar-refractivity contribution is 5.85. The molecule has 1 aromatic carbocycles. The van der Waals surface area contributed by atoms with Gasteiger partial charge in [-0.25, -0.2) is 0 Å². The highest BCUT2D eigenvalue weighted by atomic mass is 16.3. The molecule has 0 atom stereocenters. The van der Waals surface area contributed by atoms with E-state index in [9.17, 15) is 5.11 Å². The Morgan fingerprint density at radius 1 is 1.38 bits per heavy atom. The van der Waals surface area contributed by atoms with E-state index in [1.54, 1.807) is 0 Å². The van der Waals surface area contributed by atoms with Gasteiger partial charge in [0.1, 0.15) is 0 Å². The summed E-state index contributed by atoms with van der Waals surface area (Å²) in [5.41, 5.74) is 8.96. The monoisotopic (exact) mass is 218 g/mol. The van der Waals surface area contributed by atoms with Crippen molar-refractivity contribution in [2.75, 3.05) is 0 Å². The van der Waals surface area contributed by atoms with Crippen molar-refractivity contribution in [2.24, 2.45) is 5.73 Å². The highest BCUT2D eigenvalue weighted by Gasteiger charge is 2.12. The van der Waals surface area contributed by atoms with Gasteiger partial charge in [0, 0.05) is 29.2 Å². The first kappa shape index (κ1) is 11.2. The molecule has 0 saturated carbocycles. The van der Waals surface area contributed by atoms with E-state index < -0.39 is 0 Å². The van der Waals surface area contributed by atoms with Crippen LogP contribution in [0.15, 0.2) is 24.3 Å². The molecule has 3 nitrogen and oxygen atoms in total. The lowest BCUT2D eigenvalue weighted by atomic mass is 10.1. The van der Waals surface area contributed by atoms with Crippen LogP contribution in [0.4, 0.5) is 0 Å². The zero-order chi connectivity index (χ0) is 11.7. The third-order valence-electron chi connectivity index (χ3n) is 2.95. The maximum absolute atomic E-state index is 9.38. The average molecular weight is 218 g/mol. The molecule has 2 aromatic rings. The van der Waals surface area contributed by atoms with Gasteiger partial charge in [-0.15, -0.1) is 0 Å². The molecule has 16 heavy (non-hydrogen) atoms. The Balaban J connectivity index is 2.77. The van der Waals surface area contributed by atoms with Crippen molar-refractivity contribution in [3.8, 4) is 0 Å². The summed E-state index contributed by atoms with van der Waals surface area (Å²) in [6.45, 7) is 4.84. The van der Waals surface area contributed by atoms with Crippen LogP contribution in [-0.4, -0.2) is 9.67 Å². The standard InChI is InChI=1S/C13H18N2O/c1-9(2)15-11(8-16)6-12-10(7-14)4-3-5-13(12)15/h3-6,9,16H,7-8,14H2,1-2H3. The van der Waals surface area contributed by atoms with Crippen molar-refractivity contribution in [3.63, 3.8) is 0 Å². The van der Waals surface area contributed by atoms with Crippen molar-refractivity contribution in [1.29, 1.82) is 0 Å². The van der Waals surface area contributed by atoms with Crippen molar-refractivity contribution >= 4 is 10.9 Å². The molecule has 0 fully saturated rings. The number of aromatic nitrogens is 1. The maximum Gasteiger partial charge on any atom is 0.0833 e. The number of nitrogens with zero attached hydrogens (tertiary/aromatic N) is 1. The van der Waals surface area contributed by atoms with E-state index in [1.165, 1.54) is 0 Å². The van der Waals surface area contributed by atoms with Crippen LogP contribution in [0.3, 0.4) is 0 Å². The molecule has 1 aromatic heterocycles. The largest absolute Gasteiger partial charge is 0.390 e. The minimum absolute atomic E-state index is 0.0663. The van der Waals surface area contributed by atoms with Gasteiger partial charge in [0.25, 0.3) is 0 Å². The topological polar surface area (TPSA) is 51.2 Å². The fourth-order valence-corrected chi connectivity index (χ4v) is 2.28. The predicted molar refractivity (Wildman–Crippen MR) is 66.1 cm³/mol. The first-order valence-electron chi connectivity index (χ1n) is 5.61. The molecule has 0 aliphatic heterocycles. The summed E-state index contributed by atoms with van der Waals surface area (Å²) in [5.74, 6) is 0. The minimum Gasteiger partial charge on any atom is -0.390 e. The zero-order valence-corrected chi connectivity index (χ0v) is 9.77. The summed E-state index contributed by atoms with van der Waals surface area (Å²) in [5, 5.41) is 10.5. The Morgan fingerprint density at radius 2 is 2.12 bits per heavy atom. The average Bonchev–Trinajstić information content (AvgIpc) is 2.66. The number of benzene rings is 1. The summed E-state index contributed by atoms with van der Waals surface area (Å²) >= 11 is 0. The SMILES string of the molecule is CC(C)n1c(CO)cc2c(CN)cccc21. The molecule has 3 heteroatoms. The summed E-state index contributed by atoms with van der Waals surface area (Å²) < 4.78 is 2.16. The molecule has 0 radical (unpaired) electrons. The third kappa shape index (κ3) is 1.62. The third-order valence-corrected chi connectivity index (χ3v) is 2.95. The van der Waals surface area contributed by atoms with Gasteiger partial charge in [-0.3, -0.25) is 0 Å². The molecular weight excluding hydrogens is 200 g/mol. The Morgan fingerprint density at radius 3 is 2.69 bits per heavy atom. The molecule has 0 unspecified atom stereocenters. The fraction of sp³-hybridized carbons (Fsp3) is 0.385. The van der Waals surface area contributed by atoms with Crippen molar-refractivity contribution in [1.82, 2.24) is 4.57 Å². The summed E-state index contributed by atoms with van der Waals surface area (Å²) in [4.78, 5) is 0. The van der Waals surface area contributed by atoms with Gasteiger partial charge in [0.2, 0.25) is 0 Å². The number of aliphatic hydroxyl groups excluding tert-OH is 1. The molecule has 86 valence electrons.